The highest BCUT2D eigenvalue weighted by Gasteiger charge is 2.24. The molecule has 0 saturated carbocycles. The average Bonchev–Trinajstić information content (AvgIpc) is 2.47. The van der Waals surface area contributed by atoms with E-state index in [9.17, 15) is 13.2 Å². The Hall–Kier alpha value is -0.880. The summed E-state index contributed by atoms with van der Waals surface area (Å²) in [7, 11) is -3.06. The molecule has 1 aliphatic carbocycles. The molecule has 0 radical (unpaired) electrons. The molecule has 1 amide bonds. The van der Waals surface area contributed by atoms with Crippen molar-refractivity contribution in [1.29, 1.82) is 0 Å². The Labute approximate surface area is 96.0 Å². The Morgan fingerprint density at radius 2 is 2.19 bits per heavy atom. The zero-order valence-corrected chi connectivity index (χ0v) is 10.3. The van der Waals surface area contributed by atoms with Gasteiger partial charge in [-0.3, -0.25) is 4.79 Å². The predicted molar refractivity (Wildman–Crippen MR) is 62.5 cm³/mol. The quantitative estimate of drug-likeness (QED) is 0.651. The molecule has 3 atom stereocenters. The fourth-order valence-corrected chi connectivity index (χ4v) is 2.76. The highest BCUT2D eigenvalue weighted by Crippen LogP contribution is 2.16. The SMILES string of the molecule is CC(CS(C)(=O)=O)NC(=O)C1C=CC(N)C1. The topological polar surface area (TPSA) is 89.3 Å². The Bertz CT molecular complexity index is 389. The standard InChI is InChI=1S/C10H18N2O3S/c1-7(6-16(2,14)15)12-10(13)8-3-4-9(11)5-8/h3-4,7-9H,5-6,11H2,1-2H3,(H,12,13). The van der Waals surface area contributed by atoms with E-state index in [0.29, 0.717) is 6.42 Å². The molecule has 0 saturated heterocycles. The van der Waals surface area contributed by atoms with Gasteiger partial charge in [0.2, 0.25) is 5.91 Å². The van der Waals surface area contributed by atoms with Gasteiger partial charge in [0, 0.05) is 18.3 Å². The molecule has 0 aromatic rings. The van der Waals surface area contributed by atoms with Crippen LogP contribution in [0.3, 0.4) is 0 Å². The third kappa shape index (κ3) is 4.32. The molecule has 6 heteroatoms. The molecular weight excluding hydrogens is 228 g/mol. The molecule has 0 heterocycles. The average molecular weight is 246 g/mol. The zero-order valence-electron chi connectivity index (χ0n) is 9.51. The van der Waals surface area contributed by atoms with E-state index in [1.54, 1.807) is 19.1 Å². The van der Waals surface area contributed by atoms with Crippen LogP contribution < -0.4 is 11.1 Å². The third-order valence-corrected chi connectivity index (χ3v) is 3.50. The van der Waals surface area contributed by atoms with Crippen LogP contribution in [0.2, 0.25) is 0 Å². The Morgan fingerprint density at radius 3 is 2.62 bits per heavy atom. The van der Waals surface area contributed by atoms with E-state index in [4.69, 9.17) is 5.73 Å². The maximum absolute atomic E-state index is 11.7. The van der Waals surface area contributed by atoms with Crippen LogP contribution in [-0.4, -0.2) is 38.4 Å². The van der Waals surface area contributed by atoms with Gasteiger partial charge in [0.15, 0.2) is 0 Å². The first-order chi connectivity index (χ1) is 7.28. The number of rotatable bonds is 4. The molecule has 0 aromatic carbocycles. The van der Waals surface area contributed by atoms with Crippen LogP contribution in [0.5, 0.6) is 0 Å². The lowest BCUT2D eigenvalue weighted by atomic mass is 10.1. The monoisotopic (exact) mass is 246 g/mol. The van der Waals surface area contributed by atoms with Gasteiger partial charge in [-0.15, -0.1) is 0 Å². The van der Waals surface area contributed by atoms with E-state index in [1.165, 1.54) is 0 Å². The number of carbonyl (C=O) groups excluding carboxylic acids is 1. The van der Waals surface area contributed by atoms with Crippen LogP contribution in [0.4, 0.5) is 0 Å². The number of hydrogen-bond acceptors (Lipinski definition) is 4. The number of hydrogen-bond donors (Lipinski definition) is 2. The minimum absolute atomic E-state index is 0.0404. The molecule has 5 nitrogen and oxygen atoms in total. The fourth-order valence-electron chi connectivity index (χ4n) is 1.77. The van der Waals surface area contributed by atoms with E-state index in [1.807, 2.05) is 0 Å². The van der Waals surface area contributed by atoms with Crippen molar-refractivity contribution in [3.05, 3.63) is 12.2 Å². The van der Waals surface area contributed by atoms with E-state index in [2.05, 4.69) is 5.32 Å². The lowest BCUT2D eigenvalue weighted by Crippen LogP contribution is -2.40. The van der Waals surface area contributed by atoms with Crippen LogP contribution >= 0.6 is 0 Å². The van der Waals surface area contributed by atoms with Crippen molar-refractivity contribution in [3.63, 3.8) is 0 Å². The van der Waals surface area contributed by atoms with Crippen molar-refractivity contribution in [1.82, 2.24) is 5.32 Å². The maximum atomic E-state index is 11.7. The first kappa shape index (κ1) is 13.2. The van der Waals surface area contributed by atoms with Gasteiger partial charge in [0.25, 0.3) is 0 Å². The normalized spacial score (nSPS) is 26.7. The summed E-state index contributed by atoms with van der Waals surface area (Å²) >= 11 is 0. The molecule has 1 aliphatic rings. The second kappa shape index (κ2) is 4.97. The lowest BCUT2D eigenvalue weighted by molar-refractivity contribution is -0.124. The van der Waals surface area contributed by atoms with Crippen LogP contribution in [0.15, 0.2) is 12.2 Å². The minimum atomic E-state index is -3.06. The van der Waals surface area contributed by atoms with Gasteiger partial charge in [0.05, 0.1) is 11.7 Å². The van der Waals surface area contributed by atoms with Crippen molar-refractivity contribution in [2.24, 2.45) is 11.7 Å². The van der Waals surface area contributed by atoms with Gasteiger partial charge in [-0.05, 0) is 13.3 Å². The first-order valence-electron chi connectivity index (χ1n) is 5.20. The summed E-state index contributed by atoms with van der Waals surface area (Å²) in [5.74, 6) is -0.418. The van der Waals surface area contributed by atoms with Crippen molar-refractivity contribution < 1.29 is 13.2 Å². The highest BCUT2D eigenvalue weighted by molar-refractivity contribution is 7.90. The van der Waals surface area contributed by atoms with E-state index in [-0.39, 0.29) is 29.7 Å². The smallest absolute Gasteiger partial charge is 0.227 e. The summed E-state index contributed by atoms with van der Waals surface area (Å²) in [6.45, 7) is 1.68. The largest absolute Gasteiger partial charge is 0.352 e. The second-order valence-corrected chi connectivity index (χ2v) is 6.58. The number of sulfone groups is 1. The first-order valence-corrected chi connectivity index (χ1v) is 7.26. The van der Waals surface area contributed by atoms with Crippen molar-refractivity contribution in [2.45, 2.75) is 25.4 Å². The third-order valence-electron chi connectivity index (χ3n) is 2.39. The molecule has 3 N–H and O–H groups in total. The van der Waals surface area contributed by atoms with Gasteiger partial charge in [0.1, 0.15) is 9.84 Å². The van der Waals surface area contributed by atoms with Crippen LogP contribution in [-0.2, 0) is 14.6 Å². The Morgan fingerprint density at radius 1 is 1.56 bits per heavy atom. The fraction of sp³-hybridized carbons (Fsp3) is 0.700. The molecule has 0 fully saturated rings. The Balaban J connectivity index is 2.43. The van der Waals surface area contributed by atoms with Crippen LogP contribution in [0, 0.1) is 5.92 Å². The lowest BCUT2D eigenvalue weighted by Gasteiger charge is -2.15. The molecule has 0 spiro atoms. The van der Waals surface area contributed by atoms with Crippen molar-refractivity contribution in [2.75, 3.05) is 12.0 Å². The van der Waals surface area contributed by atoms with Gasteiger partial charge in [-0.25, -0.2) is 8.42 Å². The molecular formula is C10H18N2O3S. The molecule has 0 aromatic heterocycles. The van der Waals surface area contributed by atoms with Gasteiger partial charge < -0.3 is 11.1 Å². The van der Waals surface area contributed by atoms with Crippen LogP contribution in [0.1, 0.15) is 13.3 Å². The molecule has 0 bridgehead atoms. The number of amides is 1. The molecule has 3 unspecified atom stereocenters. The second-order valence-electron chi connectivity index (χ2n) is 4.39. The van der Waals surface area contributed by atoms with Gasteiger partial charge >= 0.3 is 0 Å². The summed E-state index contributed by atoms with van der Waals surface area (Å²) in [5.41, 5.74) is 5.63. The van der Waals surface area contributed by atoms with Gasteiger partial charge in [-0.2, -0.15) is 0 Å². The molecule has 16 heavy (non-hydrogen) atoms. The summed E-state index contributed by atoms with van der Waals surface area (Å²) in [5, 5.41) is 2.67. The summed E-state index contributed by atoms with van der Waals surface area (Å²) in [6.07, 6.45) is 5.32. The summed E-state index contributed by atoms with van der Waals surface area (Å²) < 4.78 is 22.0. The molecule has 92 valence electrons. The number of nitrogens with one attached hydrogen (secondary N) is 1. The van der Waals surface area contributed by atoms with Crippen LogP contribution in [0.25, 0.3) is 0 Å². The zero-order chi connectivity index (χ0) is 12.3. The highest BCUT2D eigenvalue weighted by atomic mass is 32.2. The Kier molecular flexibility index (Phi) is 4.09. The van der Waals surface area contributed by atoms with Crippen molar-refractivity contribution >= 4 is 15.7 Å². The molecule has 0 aliphatic heterocycles. The summed E-state index contributed by atoms with van der Waals surface area (Å²) in [4.78, 5) is 11.7. The molecule has 1 rings (SSSR count). The van der Waals surface area contributed by atoms with E-state index >= 15 is 0 Å². The summed E-state index contributed by atoms with van der Waals surface area (Å²) in [6, 6.07) is -0.436. The predicted octanol–water partition coefficient (Wildman–Crippen LogP) is -0.561. The van der Waals surface area contributed by atoms with Gasteiger partial charge in [-0.1, -0.05) is 12.2 Å². The maximum Gasteiger partial charge on any atom is 0.227 e. The van der Waals surface area contributed by atoms with E-state index in [0.717, 1.165) is 6.26 Å². The van der Waals surface area contributed by atoms with Crippen molar-refractivity contribution in [3.8, 4) is 0 Å². The number of nitrogens with two attached hydrogens (primary N) is 1. The number of carbonyl (C=O) groups is 1. The van der Waals surface area contributed by atoms with E-state index < -0.39 is 9.84 Å². The minimum Gasteiger partial charge on any atom is -0.352 e.